The Bertz CT molecular complexity index is 624. The number of hydrogen-bond acceptors (Lipinski definition) is 4. The fourth-order valence-electron chi connectivity index (χ4n) is 2.70. The van der Waals surface area contributed by atoms with E-state index in [1.807, 2.05) is 6.07 Å². The summed E-state index contributed by atoms with van der Waals surface area (Å²) in [6, 6.07) is 7.35. The Morgan fingerprint density at radius 2 is 1.78 bits per heavy atom. The zero-order valence-corrected chi connectivity index (χ0v) is 13.7. The second kappa shape index (κ2) is 8.23. The summed E-state index contributed by atoms with van der Waals surface area (Å²) in [5, 5.41) is 9.36. The number of amides is 1. The van der Waals surface area contributed by atoms with E-state index in [1.54, 1.807) is 43.4 Å². The summed E-state index contributed by atoms with van der Waals surface area (Å²) in [4.78, 5) is 14.3. The average molecular weight is 314 g/mol. The number of carbonyl (C=O) groups is 1. The van der Waals surface area contributed by atoms with Crippen molar-refractivity contribution in [3.05, 3.63) is 29.3 Å². The van der Waals surface area contributed by atoms with Crippen LogP contribution in [-0.4, -0.2) is 38.1 Å². The number of carbonyl (C=O) groups excluding carboxylic acids is 1. The second-order valence-corrected chi connectivity index (χ2v) is 5.49. The minimum Gasteiger partial charge on any atom is -0.493 e. The zero-order valence-electron chi connectivity index (χ0n) is 13.7. The van der Waals surface area contributed by atoms with Gasteiger partial charge in [0.2, 0.25) is 0 Å². The summed E-state index contributed by atoms with van der Waals surface area (Å²) >= 11 is 0. The largest absolute Gasteiger partial charge is 0.493 e. The van der Waals surface area contributed by atoms with E-state index in [0.717, 1.165) is 44.3 Å². The number of ether oxygens (including phenoxy) is 2. The third kappa shape index (κ3) is 4.26. The van der Waals surface area contributed by atoms with E-state index < -0.39 is 0 Å². The molecule has 1 aromatic rings. The standard InChI is InChI=1S/C18H22N2O3/c1-22-16-8-7-14(12-17(16)23-2)11-15(13-19)18(21)20-9-5-3-4-6-10-20/h7-8,11-12H,3-6,9-10H2,1-2H3/b15-11+. The molecule has 1 heterocycles. The first-order valence-electron chi connectivity index (χ1n) is 7.82. The molecule has 0 aliphatic carbocycles. The lowest BCUT2D eigenvalue weighted by molar-refractivity contribution is -0.126. The Balaban J connectivity index is 2.24. The summed E-state index contributed by atoms with van der Waals surface area (Å²) in [5.41, 5.74) is 0.890. The van der Waals surface area contributed by atoms with E-state index >= 15 is 0 Å². The minimum absolute atomic E-state index is 0.152. The van der Waals surface area contributed by atoms with Crippen molar-refractivity contribution in [2.24, 2.45) is 0 Å². The molecule has 0 bridgehead atoms. The molecule has 0 radical (unpaired) electrons. The van der Waals surface area contributed by atoms with E-state index in [4.69, 9.17) is 9.47 Å². The third-order valence-corrected chi connectivity index (χ3v) is 3.96. The molecule has 0 spiro atoms. The summed E-state index contributed by atoms with van der Waals surface area (Å²) < 4.78 is 10.4. The van der Waals surface area contributed by atoms with Crippen molar-refractivity contribution in [3.63, 3.8) is 0 Å². The predicted octanol–water partition coefficient (Wildman–Crippen LogP) is 3.01. The Morgan fingerprint density at radius 3 is 2.35 bits per heavy atom. The quantitative estimate of drug-likeness (QED) is 0.633. The van der Waals surface area contributed by atoms with Gasteiger partial charge < -0.3 is 14.4 Å². The van der Waals surface area contributed by atoms with Gasteiger partial charge in [0.25, 0.3) is 5.91 Å². The molecule has 1 fully saturated rings. The summed E-state index contributed by atoms with van der Waals surface area (Å²) in [5.74, 6) is 0.993. The Hall–Kier alpha value is -2.48. The molecule has 1 aliphatic rings. The predicted molar refractivity (Wildman–Crippen MR) is 88.2 cm³/mol. The maximum absolute atomic E-state index is 12.5. The van der Waals surface area contributed by atoms with Crippen molar-refractivity contribution in [1.29, 1.82) is 5.26 Å². The van der Waals surface area contributed by atoms with Gasteiger partial charge in [-0.15, -0.1) is 0 Å². The number of methoxy groups -OCH3 is 2. The normalized spacial score (nSPS) is 15.5. The molecule has 0 unspecified atom stereocenters. The number of likely N-dealkylation sites (tertiary alicyclic amines) is 1. The number of hydrogen-bond donors (Lipinski definition) is 0. The lowest BCUT2D eigenvalue weighted by Crippen LogP contribution is -2.32. The van der Waals surface area contributed by atoms with Gasteiger partial charge in [0, 0.05) is 13.1 Å². The van der Waals surface area contributed by atoms with Crippen LogP contribution in [-0.2, 0) is 4.79 Å². The maximum Gasteiger partial charge on any atom is 0.264 e. The van der Waals surface area contributed by atoms with Crippen LogP contribution in [0.25, 0.3) is 6.08 Å². The van der Waals surface area contributed by atoms with Crippen molar-refractivity contribution in [1.82, 2.24) is 4.90 Å². The Morgan fingerprint density at radius 1 is 1.13 bits per heavy atom. The Kier molecular flexibility index (Phi) is 6.04. The van der Waals surface area contributed by atoms with Crippen molar-refractivity contribution in [2.75, 3.05) is 27.3 Å². The summed E-state index contributed by atoms with van der Waals surface area (Å²) in [6.07, 6.45) is 5.90. The molecule has 2 rings (SSSR count). The summed E-state index contributed by atoms with van der Waals surface area (Å²) in [6.45, 7) is 1.45. The fraction of sp³-hybridized carbons (Fsp3) is 0.444. The molecule has 5 nitrogen and oxygen atoms in total. The molecule has 1 saturated heterocycles. The van der Waals surface area contributed by atoms with Crippen molar-refractivity contribution < 1.29 is 14.3 Å². The van der Waals surface area contributed by atoms with E-state index in [9.17, 15) is 10.1 Å². The highest BCUT2D eigenvalue weighted by Gasteiger charge is 2.19. The molecule has 5 heteroatoms. The zero-order chi connectivity index (χ0) is 16.7. The van der Waals surface area contributed by atoms with Gasteiger partial charge in [-0.05, 0) is 36.6 Å². The molecule has 122 valence electrons. The van der Waals surface area contributed by atoms with Crippen LogP contribution in [0.15, 0.2) is 23.8 Å². The molecule has 0 saturated carbocycles. The van der Waals surface area contributed by atoms with Crippen molar-refractivity contribution >= 4 is 12.0 Å². The van der Waals surface area contributed by atoms with Crippen LogP contribution < -0.4 is 9.47 Å². The topological polar surface area (TPSA) is 62.6 Å². The highest BCUT2D eigenvalue weighted by atomic mass is 16.5. The van der Waals surface area contributed by atoms with E-state index in [2.05, 4.69) is 0 Å². The van der Waals surface area contributed by atoms with Gasteiger partial charge >= 0.3 is 0 Å². The van der Waals surface area contributed by atoms with E-state index in [-0.39, 0.29) is 11.5 Å². The fourth-order valence-corrected chi connectivity index (χ4v) is 2.70. The van der Waals surface area contributed by atoms with Crippen LogP contribution in [0.5, 0.6) is 11.5 Å². The molecule has 0 aromatic heterocycles. The Labute approximate surface area is 137 Å². The lowest BCUT2D eigenvalue weighted by Gasteiger charge is -2.19. The van der Waals surface area contributed by atoms with Crippen LogP contribution in [0.2, 0.25) is 0 Å². The average Bonchev–Trinajstić information content (AvgIpc) is 2.88. The van der Waals surface area contributed by atoms with Gasteiger partial charge in [0.1, 0.15) is 11.6 Å². The van der Waals surface area contributed by atoms with Gasteiger partial charge in [-0.25, -0.2) is 0 Å². The lowest BCUT2D eigenvalue weighted by atomic mass is 10.1. The van der Waals surface area contributed by atoms with Crippen LogP contribution in [0, 0.1) is 11.3 Å². The van der Waals surface area contributed by atoms with Gasteiger partial charge in [0.05, 0.1) is 14.2 Å². The number of nitriles is 1. The highest BCUT2D eigenvalue weighted by molar-refractivity contribution is 6.01. The summed E-state index contributed by atoms with van der Waals surface area (Å²) in [7, 11) is 3.12. The molecular weight excluding hydrogens is 292 g/mol. The van der Waals surface area contributed by atoms with Crippen molar-refractivity contribution in [2.45, 2.75) is 25.7 Å². The molecule has 1 aliphatic heterocycles. The minimum atomic E-state index is -0.191. The highest BCUT2D eigenvalue weighted by Crippen LogP contribution is 2.28. The molecule has 0 N–H and O–H groups in total. The van der Waals surface area contributed by atoms with Gasteiger partial charge in [-0.1, -0.05) is 18.9 Å². The number of nitrogens with zero attached hydrogens (tertiary/aromatic N) is 2. The van der Waals surface area contributed by atoms with E-state index in [0.29, 0.717) is 11.5 Å². The first-order chi connectivity index (χ1) is 11.2. The number of rotatable bonds is 4. The third-order valence-electron chi connectivity index (χ3n) is 3.96. The monoisotopic (exact) mass is 314 g/mol. The maximum atomic E-state index is 12.5. The smallest absolute Gasteiger partial charge is 0.264 e. The molecular formula is C18H22N2O3. The van der Waals surface area contributed by atoms with Gasteiger partial charge in [-0.2, -0.15) is 5.26 Å². The van der Waals surface area contributed by atoms with Gasteiger partial charge in [0.15, 0.2) is 11.5 Å². The SMILES string of the molecule is COc1ccc(/C=C(\C#N)C(=O)N2CCCCCC2)cc1OC. The number of benzene rings is 1. The first-order valence-corrected chi connectivity index (χ1v) is 7.82. The van der Waals surface area contributed by atoms with Crippen LogP contribution >= 0.6 is 0 Å². The van der Waals surface area contributed by atoms with Crippen molar-refractivity contribution in [3.8, 4) is 17.6 Å². The molecule has 1 aromatic carbocycles. The van der Waals surface area contributed by atoms with Crippen LogP contribution in [0.1, 0.15) is 31.2 Å². The molecule has 23 heavy (non-hydrogen) atoms. The van der Waals surface area contributed by atoms with Crippen LogP contribution in [0.4, 0.5) is 0 Å². The molecule has 0 atom stereocenters. The first kappa shape index (κ1) is 16.9. The van der Waals surface area contributed by atoms with E-state index in [1.165, 1.54) is 0 Å². The van der Waals surface area contributed by atoms with Gasteiger partial charge in [-0.3, -0.25) is 4.79 Å². The second-order valence-electron chi connectivity index (χ2n) is 5.49. The van der Waals surface area contributed by atoms with Crippen LogP contribution in [0.3, 0.4) is 0 Å². The molecule has 1 amide bonds.